The largest absolute Gasteiger partial charge is 0.478 e. The van der Waals surface area contributed by atoms with Crippen LogP contribution in [0.25, 0.3) is 11.3 Å². The smallest absolute Gasteiger partial charge is 0.335 e. The summed E-state index contributed by atoms with van der Waals surface area (Å²) in [4.78, 5) is 26.8. The summed E-state index contributed by atoms with van der Waals surface area (Å²) in [5, 5.41) is 19.6. The number of nitrogens with zero attached hydrogens (tertiary/aromatic N) is 1. The summed E-state index contributed by atoms with van der Waals surface area (Å²) in [5.41, 5.74) is 5.34. The van der Waals surface area contributed by atoms with Crippen molar-refractivity contribution in [3.8, 4) is 0 Å². The summed E-state index contributed by atoms with van der Waals surface area (Å²) in [6, 6.07) is 14.8. The van der Waals surface area contributed by atoms with Crippen LogP contribution in [-0.2, 0) is 16.1 Å². The van der Waals surface area contributed by atoms with Crippen molar-refractivity contribution < 1.29 is 19.4 Å². The van der Waals surface area contributed by atoms with E-state index >= 15 is 0 Å². The summed E-state index contributed by atoms with van der Waals surface area (Å²) in [5.74, 6) is -1.29. The van der Waals surface area contributed by atoms with Crippen molar-refractivity contribution >= 4 is 45.9 Å². The number of thiophene rings is 1. The summed E-state index contributed by atoms with van der Waals surface area (Å²) in [6.45, 7) is 4.27. The quantitative estimate of drug-likeness (QED) is 0.477. The van der Waals surface area contributed by atoms with Crippen LogP contribution in [0, 0.1) is 0 Å². The summed E-state index contributed by atoms with van der Waals surface area (Å²) >= 11 is 1.53. The number of carbonyl (C=O) groups excluding carboxylic acids is 1. The van der Waals surface area contributed by atoms with Crippen molar-refractivity contribution in [1.82, 2.24) is 4.90 Å². The SMILES string of the molecule is O=C1Nc2ccc(C(=O)O)cc2C1=C(Nc1ccc(CN2CCOCC2)cc1)c1ccsc1. The van der Waals surface area contributed by atoms with Gasteiger partial charge in [0.25, 0.3) is 5.91 Å². The molecule has 0 radical (unpaired) electrons. The number of aromatic carboxylic acids is 1. The van der Waals surface area contributed by atoms with Gasteiger partial charge >= 0.3 is 5.97 Å². The van der Waals surface area contributed by atoms with Crippen molar-refractivity contribution in [2.24, 2.45) is 0 Å². The van der Waals surface area contributed by atoms with E-state index in [1.54, 1.807) is 12.1 Å². The zero-order valence-corrected chi connectivity index (χ0v) is 18.7. The van der Waals surface area contributed by atoms with Gasteiger partial charge in [0.2, 0.25) is 0 Å². The highest BCUT2D eigenvalue weighted by molar-refractivity contribution is 7.08. The number of amides is 1. The normalized spacial score (nSPS) is 17.4. The number of morpholine rings is 1. The van der Waals surface area contributed by atoms with Gasteiger partial charge in [-0.05, 0) is 47.3 Å². The fourth-order valence-corrected chi connectivity index (χ4v) is 4.74. The van der Waals surface area contributed by atoms with Crippen LogP contribution in [0.15, 0.2) is 59.3 Å². The summed E-state index contributed by atoms with van der Waals surface area (Å²) in [6.07, 6.45) is 0. The number of fused-ring (bicyclic) bond motifs is 1. The monoisotopic (exact) mass is 461 g/mol. The lowest BCUT2D eigenvalue weighted by Gasteiger charge is -2.26. The van der Waals surface area contributed by atoms with E-state index < -0.39 is 5.97 Å². The third-order valence-electron chi connectivity index (χ3n) is 5.80. The van der Waals surface area contributed by atoms with Crippen LogP contribution in [0.2, 0.25) is 0 Å². The van der Waals surface area contributed by atoms with Gasteiger partial charge in [-0.15, -0.1) is 0 Å². The Balaban J connectivity index is 1.48. The molecule has 0 spiro atoms. The molecule has 8 heteroatoms. The third kappa shape index (κ3) is 4.54. The van der Waals surface area contributed by atoms with Crippen LogP contribution >= 0.6 is 11.3 Å². The van der Waals surface area contributed by atoms with Crippen LogP contribution < -0.4 is 10.6 Å². The molecule has 0 atom stereocenters. The highest BCUT2D eigenvalue weighted by Gasteiger charge is 2.29. The van der Waals surface area contributed by atoms with Gasteiger partial charge in [-0.3, -0.25) is 9.69 Å². The molecule has 3 N–H and O–H groups in total. The highest BCUT2D eigenvalue weighted by atomic mass is 32.1. The molecule has 2 aromatic carbocycles. The molecule has 1 amide bonds. The van der Waals surface area contributed by atoms with E-state index in [9.17, 15) is 14.7 Å². The van der Waals surface area contributed by atoms with Crippen molar-refractivity contribution in [2.45, 2.75) is 6.54 Å². The molecule has 3 heterocycles. The van der Waals surface area contributed by atoms with Gasteiger partial charge in [0.15, 0.2) is 0 Å². The molecule has 0 saturated carbocycles. The Labute approximate surface area is 195 Å². The standard InChI is InChI=1S/C25H23N3O4S/c29-24-22(20-13-17(25(30)31)3-6-21(20)27-24)23(18-7-12-33-15-18)26-19-4-1-16(2-5-19)14-28-8-10-32-11-9-28/h1-7,12-13,15,26H,8-11,14H2,(H,27,29)(H,30,31). The molecular formula is C25H23N3O4S. The maximum absolute atomic E-state index is 12.9. The maximum Gasteiger partial charge on any atom is 0.335 e. The lowest BCUT2D eigenvalue weighted by Crippen LogP contribution is -2.35. The van der Waals surface area contributed by atoms with Crippen molar-refractivity contribution in [2.75, 3.05) is 36.9 Å². The number of benzene rings is 2. The molecule has 1 saturated heterocycles. The fraction of sp³-hybridized carbons (Fsp3) is 0.200. The number of carboxylic acids is 1. The average molecular weight is 462 g/mol. The minimum Gasteiger partial charge on any atom is -0.478 e. The Morgan fingerprint density at radius 1 is 1.09 bits per heavy atom. The van der Waals surface area contributed by atoms with Crippen molar-refractivity contribution in [3.63, 3.8) is 0 Å². The number of carbonyl (C=O) groups is 2. The number of ether oxygens (including phenoxy) is 1. The van der Waals surface area contributed by atoms with Gasteiger partial charge in [-0.1, -0.05) is 12.1 Å². The molecule has 1 fully saturated rings. The number of anilines is 2. The van der Waals surface area contributed by atoms with Crippen LogP contribution in [0.5, 0.6) is 0 Å². The molecule has 0 unspecified atom stereocenters. The Hall–Kier alpha value is -3.46. The minimum atomic E-state index is -1.03. The Kier molecular flexibility index (Phi) is 5.95. The molecule has 1 aromatic heterocycles. The number of nitrogens with one attached hydrogen (secondary N) is 2. The zero-order chi connectivity index (χ0) is 22.8. The molecule has 5 rings (SSSR count). The van der Waals surface area contributed by atoms with E-state index in [-0.39, 0.29) is 11.5 Å². The Morgan fingerprint density at radius 2 is 1.88 bits per heavy atom. The molecule has 168 valence electrons. The second-order valence-corrected chi connectivity index (χ2v) is 8.77. The molecule has 0 aliphatic carbocycles. The van der Waals surface area contributed by atoms with E-state index in [1.807, 2.05) is 29.0 Å². The van der Waals surface area contributed by atoms with E-state index in [0.29, 0.717) is 22.5 Å². The first-order valence-corrected chi connectivity index (χ1v) is 11.6. The number of rotatable bonds is 6. The van der Waals surface area contributed by atoms with E-state index in [4.69, 9.17) is 4.74 Å². The number of hydrogen-bond donors (Lipinski definition) is 3. The summed E-state index contributed by atoms with van der Waals surface area (Å²) < 4.78 is 5.42. The number of hydrogen-bond acceptors (Lipinski definition) is 6. The third-order valence-corrected chi connectivity index (χ3v) is 6.49. The molecule has 3 aromatic rings. The van der Waals surface area contributed by atoms with Crippen LogP contribution in [0.3, 0.4) is 0 Å². The molecule has 2 aliphatic rings. The summed E-state index contributed by atoms with van der Waals surface area (Å²) in [7, 11) is 0. The predicted molar refractivity (Wildman–Crippen MR) is 129 cm³/mol. The van der Waals surface area contributed by atoms with E-state index in [2.05, 4.69) is 27.7 Å². The molecular weight excluding hydrogens is 438 g/mol. The van der Waals surface area contributed by atoms with Gasteiger partial charge in [-0.25, -0.2) is 4.79 Å². The maximum atomic E-state index is 12.9. The highest BCUT2D eigenvalue weighted by Crippen LogP contribution is 2.38. The first kappa shape index (κ1) is 21.4. The molecule has 2 aliphatic heterocycles. The van der Waals surface area contributed by atoms with Crippen molar-refractivity contribution in [1.29, 1.82) is 0 Å². The van der Waals surface area contributed by atoms with Gasteiger partial charge in [0, 0.05) is 47.5 Å². The van der Waals surface area contributed by atoms with Gasteiger partial charge in [-0.2, -0.15) is 11.3 Å². The minimum absolute atomic E-state index is 0.139. The molecule has 0 bridgehead atoms. The molecule has 7 nitrogen and oxygen atoms in total. The van der Waals surface area contributed by atoms with Gasteiger partial charge in [0.1, 0.15) is 0 Å². The fourth-order valence-electron chi connectivity index (χ4n) is 4.09. The van der Waals surface area contributed by atoms with Crippen LogP contribution in [0.1, 0.15) is 27.0 Å². The van der Waals surface area contributed by atoms with Crippen LogP contribution in [0.4, 0.5) is 11.4 Å². The van der Waals surface area contributed by atoms with Gasteiger partial charge < -0.3 is 20.5 Å². The molecule has 33 heavy (non-hydrogen) atoms. The average Bonchev–Trinajstić information content (AvgIpc) is 3.46. The van der Waals surface area contributed by atoms with Gasteiger partial charge in [0.05, 0.1) is 30.0 Å². The Bertz CT molecular complexity index is 1210. The first-order chi connectivity index (χ1) is 16.1. The Morgan fingerprint density at radius 3 is 2.58 bits per heavy atom. The zero-order valence-electron chi connectivity index (χ0n) is 17.8. The number of carboxylic acid groups (broad SMARTS) is 1. The second-order valence-electron chi connectivity index (χ2n) is 7.99. The van der Waals surface area contributed by atoms with Crippen LogP contribution in [-0.4, -0.2) is 48.2 Å². The topological polar surface area (TPSA) is 90.9 Å². The lowest BCUT2D eigenvalue weighted by molar-refractivity contribution is -0.110. The first-order valence-electron chi connectivity index (χ1n) is 10.7. The predicted octanol–water partition coefficient (Wildman–Crippen LogP) is 4.21. The second kappa shape index (κ2) is 9.19. The lowest BCUT2D eigenvalue weighted by atomic mass is 9.99. The van der Waals surface area contributed by atoms with Crippen molar-refractivity contribution in [3.05, 3.63) is 81.5 Å². The van der Waals surface area contributed by atoms with E-state index in [0.717, 1.165) is 44.1 Å². The van der Waals surface area contributed by atoms with E-state index in [1.165, 1.54) is 23.0 Å².